The maximum absolute atomic E-state index is 2.47. The number of fused-ring (bicyclic) bond motifs is 12. The molecular weight excluding hydrogens is 695 g/mol. The summed E-state index contributed by atoms with van der Waals surface area (Å²) in [5.74, 6) is 0.317. The van der Waals surface area contributed by atoms with Gasteiger partial charge in [0.1, 0.15) is 0 Å². The Morgan fingerprint density at radius 1 is 0.411 bits per heavy atom. The monoisotopic (exact) mass is 729 g/mol. The summed E-state index contributed by atoms with van der Waals surface area (Å²) in [5, 5.41) is 13.2. The zero-order valence-corrected chi connectivity index (χ0v) is 31.4. The number of nitrogens with zero attached hydrogens (tertiary/aromatic N) is 1. The van der Waals surface area contributed by atoms with Crippen molar-refractivity contribution >= 4 is 91.3 Å². The molecule has 11 aromatic rings. The Morgan fingerprint density at radius 3 is 1.66 bits per heavy atom. The van der Waals surface area contributed by atoms with E-state index in [9.17, 15) is 0 Å². The topological polar surface area (TPSA) is 4.93 Å². The fraction of sp³-hybridized carbons (Fsp3) is 0.0370. The van der Waals surface area contributed by atoms with Crippen LogP contribution < -0.4 is 0 Å². The van der Waals surface area contributed by atoms with Crippen LogP contribution in [0.25, 0.3) is 102 Å². The molecule has 0 bridgehead atoms. The van der Waals surface area contributed by atoms with Crippen molar-refractivity contribution in [3.8, 4) is 22.3 Å². The Labute approximate surface area is 328 Å². The second-order valence-electron chi connectivity index (χ2n) is 15.1. The van der Waals surface area contributed by atoms with Gasteiger partial charge in [-0.25, -0.2) is 0 Å². The number of allylic oxidation sites excluding steroid dienone is 4. The highest BCUT2D eigenvalue weighted by Crippen LogP contribution is 2.45. The van der Waals surface area contributed by atoms with Gasteiger partial charge in [-0.15, -0.1) is 11.3 Å². The second kappa shape index (κ2) is 12.4. The second-order valence-corrected chi connectivity index (χ2v) is 16.2. The van der Waals surface area contributed by atoms with Crippen molar-refractivity contribution < 1.29 is 0 Å². The summed E-state index contributed by atoms with van der Waals surface area (Å²) in [7, 11) is 0. The van der Waals surface area contributed by atoms with Crippen LogP contribution in [0.3, 0.4) is 0 Å². The van der Waals surface area contributed by atoms with Crippen LogP contribution in [0.15, 0.2) is 194 Å². The number of rotatable bonds is 4. The number of thiophene rings is 1. The highest BCUT2D eigenvalue weighted by atomic mass is 32.1. The molecule has 2 heterocycles. The average Bonchev–Trinajstić information content (AvgIpc) is 3.82. The van der Waals surface area contributed by atoms with E-state index in [-0.39, 0.29) is 0 Å². The molecule has 1 nitrogen and oxygen atoms in total. The quantitative estimate of drug-likeness (QED) is 0.159. The third-order valence-electron chi connectivity index (χ3n) is 12.1. The number of benzene rings is 9. The van der Waals surface area contributed by atoms with Gasteiger partial charge in [-0.05, 0) is 96.9 Å². The Hall–Kier alpha value is -6.74. The lowest BCUT2D eigenvalue weighted by molar-refractivity contribution is 0.852. The molecule has 1 atom stereocenters. The Bertz CT molecular complexity index is 3410. The zero-order valence-electron chi connectivity index (χ0n) is 30.6. The molecule has 1 unspecified atom stereocenters. The fourth-order valence-corrected chi connectivity index (χ4v) is 10.9. The van der Waals surface area contributed by atoms with E-state index < -0.39 is 0 Å². The largest absolute Gasteiger partial charge is 0.310 e. The molecule has 0 amide bonds. The third kappa shape index (κ3) is 4.73. The van der Waals surface area contributed by atoms with Crippen molar-refractivity contribution in [1.29, 1.82) is 0 Å². The zero-order chi connectivity index (χ0) is 36.7. The Balaban J connectivity index is 0.941. The van der Waals surface area contributed by atoms with Crippen molar-refractivity contribution in [2.24, 2.45) is 0 Å². The summed E-state index contributed by atoms with van der Waals surface area (Å²) in [4.78, 5) is 0. The first-order valence-corrected chi connectivity index (χ1v) is 20.4. The van der Waals surface area contributed by atoms with Gasteiger partial charge in [0.15, 0.2) is 0 Å². The van der Waals surface area contributed by atoms with Crippen LogP contribution in [-0.4, -0.2) is 4.57 Å². The highest BCUT2D eigenvalue weighted by Gasteiger charge is 2.20. The maximum Gasteiger partial charge on any atom is 0.0541 e. The van der Waals surface area contributed by atoms with E-state index in [4.69, 9.17) is 0 Å². The average molecular weight is 730 g/mol. The van der Waals surface area contributed by atoms with Crippen LogP contribution in [0, 0.1) is 0 Å². The predicted molar refractivity (Wildman–Crippen MR) is 243 cm³/mol. The summed E-state index contributed by atoms with van der Waals surface area (Å²) in [6.07, 6.45) is 8.16. The summed E-state index contributed by atoms with van der Waals surface area (Å²) in [5.41, 5.74) is 10.2. The summed E-state index contributed by atoms with van der Waals surface area (Å²) < 4.78 is 5.15. The molecule has 1 aliphatic carbocycles. The highest BCUT2D eigenvalue weighted by molar-refractivity contribution is 7.26. The molecule has 1 aliphatic rings. The molecule has 0 saturated heterocycles. The van der Waals surface area contributed by atoms with Crippen molar-refractivity contribution in [1.82, 2.24) is 4.57 Å². The van der Waals surface area contributed by atoms with E-state index >= 15 is 0 Å². The molecule has 0 saturated carbocycles. The molecular formula is C54H35NS. The molecule has 262 valence electrons. The van der Waals surface area contributed by atoms with Gasteiger partial charge in [0.25, 0.3) is 0 Å². The van der Waals surface area contributed by atoms with Crippen LogP contribution in [0.4, 0.5) is 0 Å². The van der Waals surface area contributed by atoms with Gasteiger partial charge < -0.3 is 4.57 Å². The van der Waals surface area contributed by atoms with Crippen molar-refractivity contribution in [3.05, 3.63) is 200 Å². The molecule has 0 radical (unpaired) electrons. The van der Waals surface area contributed by atoms with Gasteiger partial charge in [0.2, 0.25) is 0 Å². The standard InChI is InChI=1S/C54H35NS/c1-2-12-35(13-3-1)39-19-10-21-47-48-22-11-20-40(54(48)56-53(39)47)37-27-31-52-50(33-37)46-18-8-9-23-51(46)55(52)38-28-24-34(25-29-38)36-26-30-45-43-16-5-4-14-41(43)42-15-6-7-17-44(42)49(45)32-36/h1-24,26-34H,25H2. The Kier molecular flexibility index (Phi) is 6.99. The van der Waals surface area contributed by atoms with E-state index in [0.717, 1.165) is 6.42 Å². The first-order chi connectivity index (χ1) is 27.8. The van der Waals surface area contributed by atoms with Crippen molar-refractivity contribution in [2.75, 3.05) is 0 Å². The minimum Gasteiger partial charge on any atom is -0.310 e. The summed E-state index contributed by atoms with van der Waals surface area (Å²) >= 11 is 1.92. The van der Waals surface area contributed by atoms with E-state index in [2.05, 4.69) is 199 Å². The van der Waals surface area contributed by atoms with E-state index in [1.807, 2.05) is 11.3 Å². The van der Waals surface area contributed by atoms with Crippen LogP contribution in [0.5, 0.6) is 0 Å². The molecule has 2 heteroatoms. The van der Waals surface area contributed by atoms with Crippen LogP contribution in [-0.2, 0) is 0 Å². The lowest BCUT2D eigenvalue weighted by atomic mass is 9.87. The fourth-order valence-electron chi connectivity index (χ4n) is 9.49. The molecule has 0 aliphatic heterocycles. The van der Waals surface area contributed by atoms with E-state index in [1.165, 1.54) is 108 Å². The van der Waals surface area contributed by atoms with Gasteiger partial charge in [0, 0.05) is 42.6 Å². The Morgan fingerprint density at radius 2 is 0.982 bits per heavy atom. The van der Waals surface area contributed by atoms with Gasteiger partial charge >= 0.3 is 0 Å². The van der Waals surface area contributed by atoms with Crippen LogP contribution in [0.2, 0.25) is 0 Å². The lowest BCUT2D eigenvalue weighted by Gasteiger charge is -2.20. The minimum atomic E-state index is 0.317. The minimum absolute atomic E-state index is 0.317. The molecule has 56 heavy (non-hydrogen) atoms. The number of hydrogen-bond donors (Lipinski definition) is 0. The van der Waals surface area contributed by atoms with Crippen molar-refractivity contribution in [3.63, 3.8) is 0 Å². The predicted octanol–water partition coefficient (Wildman–Crippen LogP) is 15.5. The lowest BCUT2D eigenvalue weighted by Crippen LogP contribution is -2.03. The molecule has 12 rings (SSSR count). The van der Waals surface area contributed by atoms with Crippen LogP contribution >= 0.6 is 11.3 Å². The van der Waals surface area contributed by atoms with Gasteiger partial charge in [-0.3, -0.25) is 0 Å². The van der Waals surface area contributed by atoms with E-state index in [1.54, 1.807) is 0 Å². The summed E-state index contributed by atoms with van der Waals surface area (Å²) in [6, 6.07) is 65.1. The molecule has 9 aromatic carbocycles. The van der Waals surface area contributed by atoms with Crippen molar-refractivity contribution in [2.45, 2.75) is 12.3 Å². The molecule has 0 spiro atoms. The molecule has 2 aromatic heterocycles. The number of para-hydroxylation sites is 1. The SMILES string of the molecule is C1=CC(c2ccc3c4ccccc4c4ccccc4c3c2)CC=C1n1c2ccccc2c2cc(-c3cccc4c3sc3c(-c5ccccc5)cccc34)ccc21. The number of aromatic nitrogens is 1. The van der Waals surface area contributed by atoms with Gasteiger partial charge in [-0.2, -0.15) is 0 Å². The van der Waals surface area contributed by atoms with E-state index in [0.29, 0.717) is 5.92 Å². The molecule has 0 N–H and O–H groups in total. The summed E-state index contributed by atoms with van der Waals surface area (Å²) in [6.45, 7) is 0. The number of hydrogen-bond acceptors (Lipinski definition) is 1. The van der Waals surface area contributed by atoms with Gasteiger partial charge in [-0.1, -0.05) is 164 Å². The van der Waals surface area contributed by atoms with Crippen LogP contribution in [0.1, 0.15) is 17.9 Å². The first-order valence-electron chi connectivity index (χ1n) is 19.5. The maximum atomic E-state index is 2.47. The molecule has 0 fully saturated rings. The van der Waals surface area contributed by atoms with Gasteiger partial charge in [0.05, 0.1) is 11.0 Å². The smallest absolute Gasteiger partial charge is 0.0541 e. The normalized spacial score (nSPS) is 14.6. The first kappa shape index (κ1) is 31.6. The third-order valence-corrected chi connectivity index (χ3v) is 13.4.